The highest BCUT2D eigenvalue weighted by atomic mass is 31.2. The third kappa shape index (κ3) is 52.5. The fourth-order valence-corrected chi connectivity index (χ4v) is 8.23. The molecule has 10 heteroatoms. The first-order valence-corrected chi connectivity index (χ1v) is 28.3. The molecule has 0 heterocycles. The van der Waals surface area contributed by atoms with Gasteiger partial charge in [0.2, 0.25) is 5.91 Å². The Morgan fingerprint density at radius 2 is 0.877 bits per heavy atom. The van der Waals surface area contributed by atoms with E-state index in [4.69, 9.17) is 13.8 Å². The molecule has 3 N–H and O–H groups in total. The quantitative estimate of drug-likeness (QED) is 0.0238. The number of ether oxygens (including phenoxy) is 1. The third-order valence-corrected chi connectivity index (χ3v) is 12.4. The van der Waals surface area contributed by atoms with Crippen molar-refractivity contribution >= 4 is 19.7 Å². The number of aliphatic hydroxyl groups excluding tert-OH is 1. The van der Waals surface area contributed by atoms with E-state index in [1.165, 1.54) is 128 Å². The summed E-state index contributed by atoms with van der Waals surface area (Å²) in [5.74, 6) is -0.529. The number of rotatable bonds is 50. The van der Waals surface area contributed by atoms with Gasteiger partial charge in [-0.1, -0.05) is 235 Å². The molecule has 1 amide bonds. The molecule has 0 aromatic heterocycles. The number of nitrogens with one attached hydrogen (secondary N) is 1. The predicted molar refractivity (Wildman–Crippen MR) is 275 cm³/mol. The molecular weight excluding hydrogens is 834 g/mol. The molecule has 0 spiro atoms. The molecule has 0 aromatic carbocycles. The predicted octanol–water partition coefficient (Wildman–Crippen LogP) is 16.0. The van der Waals surface area contributed by atoms with Gasteiger partial charge in [0.15, 0.2) is 0 Å². The van der Waals surface area contributed by atoms with Crippen molar-refractivity contribution in [3.63, 3.8) is 0 Å². The second-order valence-electron chi connectivity index (χ2n) is 17.8. The van der Waals surface area contributed by atoms with Crippen LogP contribution in [0.2, 0.25) is 0 Å². The van der Waals surface area contributed by atoms with Crippen molar-refractivity contribution in [2.45, 2.75) is 251 Å². The van der Waals surface area contributed by atoms with E-state index in [1.54, 1.807) is 0 Å². The van der Waals surface area contributed by atoms with Crippen molar-refractivity contribution in [3.8, 4) is 0 Å². The first-order chi connectivity index (χ1) is 31.8. The summed E-state index contributed by atoms with van der Waals surface area (Å²) in [7, 11) is -4.43. The van der Waals surface area contributed by atoms with Crippen molar-refractivity contribution in [1.82, 2.24) is 5.32 Å². The zero-order chi connectivity index (χ0) is 47.4. The zero-order valence-electron chi connectivity index (χ0n) is 41.9. The summed E-state index contributed by atoms with van der Waals surface area (Å²) in [6, 6.07) is 0. The van der Waals surface area contributed by atoms with E-state index in [9.17, 15) is 24.2 Å². The van der Waals surface area contributed by atoms with Gasteiger partial charge >= 0.3 is 13.8 Å². The van der Waals surface area contributed by atoms with Crippen LogP contribution in [0.4, 0.5) is 0 Å². The van der Waals surface area contributed by atoms with E-state index in [-0.39, 0.29) is 32.1 Å². The van der Waals surface area contributed by atoms with Gasteiger partial charge in [-0.05, 0) is 57.8 Å². The molecule has 2 atom stereocenters. The van der Waals surface area contributed by atoms with Crippen LogP contribution < -0.4 is 5.32 Å². The number of carbonyl (C=O) groups excluding carboxylic acids is 2. The second kappa shape index (κ2) is 51.1. The summed E-state index contributed by atoms with van der Waals surface area (Å²) >= 11 is 0. The molecule has 9 nitrogen and oxygen atoms in total. The van der Waals surface area contributed by atoms with Gasteiger partial charge in [-0.15, -0.1) is 0 Å². The van der Waals surface area contributed by atoms with E-state index >= 15 is 0 Å². The fraction of sp³-hybridized carbons (Fsp3) is 0.782. The van der Waals surface area contributed by atoms with Gasteiger partial charge in [-0.2, -0.15) is 0 Å². The topological polar surface area (TPSA) is 131 Å². The molecule has 65 heavy (non-hydrogen) atoms. The summed E-state index contributed by atoms with van der Waals surface area (Å²) in [6.07, 6.45) is 63.1. The Labute approximate surface area is 399 Å². The first-order valence-electron chi connectivity index (χ1n) is 26.8. The Kier molecular flexibility index (Phi) is 49.3. The fourth-order valence-electron chi connectivity index (χ4n) is 7.47. The number of allylic oxidation sites excluding steroid dienone is 10. The summed E-state index contributed by atoms with van der Waals surface area (Å²) in [5.41, 5.74) is 0. The highest BCUT2D eigenvalue weighted by Gasteiger charge is 2.23. The highest BCUT2D eigenvalue weighted by Crippen LogP contribution is 2.42. The Bertz CT molecular complexity index is 1250. The van der Waals surface area contributed by atoms with Crippen LogP contribution >= 0.6 is 7.82 Å². The molecule has 0 bridgehead atoms. The maximum Gasteiger partial charge on any atom is 0.472 e. The largest absolute Gasteiger partial charge is 0.472 e. The van der Waals surface area contributed by atoms with E-state index in [0.29, 0.717) is 6.42 Å². The highest BCUT2D eigenvalue weighted by molar-refractivity contribution is 7.47. The number of amides is 1. The van der Waals surface area contributed by atoms with Crippen molar-refractivity contribution in [2.24, 2.45) is 0 Å². The molecule has 0 aliphatic carbocycles. The lowest BCUT2D eigenvalue weighted by atomic mass is 10.0. The van der Waals surface area contributed by atoms with Gasteiger partial charge < -0.3 is 20.1 Å². The lowest BCUT2D eigenvalue weighted by molar-refractivity contribution is -0.147. The number of hydrogen-bond donors (Lipinski definition) is 3. The van der Waals surface area contributed by atoms with E-state index < -0.39 is 26.5 Å². The van der Waals surface area contributed by atoms with E-state index in [2.05, 4.69) is 79.9 Å². The standard InChI is InChI=1S/C55H100NO8P/c1-3-5-7-9-11-13-15-17-19-21-23-25-26-28-30-32-34-36-38-40-42-44-46-48-55(59)62-51-53(57)52-64-65(60,61)63-50-49-56-54(58)47-45-43-41-39-37-35-33-31-29-27-24-22-20-18-16-14-12-10-8-6-4-2/h6,8,12,14,18,20,24,27,31,33,53,57H,3-5,7,9-11,13,15-17,19,21-23,25-26,28-30,32,34-52H2,1-2H3,(H,56,58)(H,60,61)/b8-6-,14-12-,20-18-,27-24-,33-31-. The van der Waals surface area contributed by atoms with Crippen LogP contribution in [0.3, 0.4) is 0 Å². The maximum absolute atomic E-state index is 12.2. The van der Waals surface area contributed by atoms with Gasteiger partial charge in [-0.25, -0.2) is 4.57 Å². The smallest absolute Gasteiger partial charge is 0.463 e. The second-order valence-corrected chi connectivity index (χ2v) is 19.3. The lowest BCUT2D eigenvalue weighted by Gasteiger charge is -2.15. The Morgan fingerprint density at radius 3 is 1.32 bits per heavy atom. The molecule has 378 valence electrons. The van der Waals surface area contributed by atoms with Crippen LogP contribution in [-0.4, -0.2) is 54.3 Å². The van der Waals surface area contributed by atoms with Gasteiger partial charge in [0.1, 0.15) is 12.7 Å². The maximum atomic E-state index is 12.2. The van der Waals surface area contributed by atoms with Gasteiger partial charge in [0.25, 0.3) is 0 Å². The van der Waals surface area contributed by atoms with Crippen molar-refractivity contribution in [2.75, 3.05) is 26.4 Å². The van der Waals surface area contributed by atoms with Gasteiger partial charge in [0.05, 0.1) is 13.2 Å². The van der Waals surface area contributed by atoms with Crippen LogP contribution in [0.1, 0.15) is 245 Å². The van der Waals surface area contributed by atoms with Crippen LogP contribution in [0, 0.1) is 0 Å². The molecule has 0 saturated heterocycles. The van der Waals surface area contributed by atoms with Crippen molar-refractivity contribution < 1.29 is 37.9 Å². The number of hydrogen-bond acceptors (Lipinski definition) is 7. The molecule has 0 saturated carbocycles. The Balaban J connectivity index is 3.57. The van der Waals surface area contributed by atoms with Crippen molar-refractivity contribution in [3.05, 3.63) is 60.8 Å². The SMILES string of the molecule is CC/C=C\C/C=C\C/C=C\C/C=C\C/C=C\CCCCCCCC(=O)NCCOP(=O)(O)OCC(O)COC(=O)CCCCCCCCCCCCCCCCCCCCCCCCC. The number of unbranched alkanes of at least 4 members (excludes halogenated alkanes) is 27. The normalized spacial score (nSPS) is 13.6. The molecule has 0 rings (SSSR count). The monoisotopic (exact) mass is 934 g/mol. The first kappa shape index (κ1) is 62.7. The number of carbonyl (C=O) groups is 2. The molecule has 2 unspecified atom stereocenters. The summed E-state index contributed by atoms with van der Waals surface area (Å²) < 4.78 is 27.0. The average molecular weight is 934 g/mol. The van der Waals surface area contributed by atoms with Crippen LogP contribution in [-0.2, 0) is 27.9 Å². The number of phosphoric ester groups is 1. The molecule has 0 aromatic rings. The molecule has 0 aliphatic rings. The Hall–Kier alpha value is -2.29. The molecule has 0 radical (unpaired) electrons. The summed E-state index contributed by atoms with van der Waals surface area (Å²) in [6.45, 7) is 3.45. The van der Waals surface area contributed by atoms with Gasteiger partial charge in [-0.3, -0.25) is 18.6 Å². The number of phosphoric acid groups is 1. The van der Waals surface area contributed by atoms with Crippen molar-refractivity contribution in [1.29, 1.82) is 0 Å². The van der Waals surface area contributed by atoms with Gasteiger partial charge in [0, 0.05) is 19.4 Å². The van der Waals surface area contributed by atoms with Crippen LogP contribution in [0.25, 0.3) is 0 Å². The minimum absolute atomic E-state index is 0.0692. The number of esters is 1. The molecular formula is C55H100NO8P. The van der Waals surface area contributed by atoms with Crippen LogP contribution in [0.15, 0.2) is 60.8 Å². The number of aliphatic hydroxyl groups is 1. The summed E-state index contributed by atoms with van der Waals surface area (Å²) in [5, 5.41) is 12.8. The minimum atomic E-state index is -4.43. The summed E-state index contributed by atoms with van der Waals surface area (Å²) in [4.78, 5) is 34.1. The lowest BCUT2D eigenvalue weighted by Crippen LogP contribution is -2.27. The molecule has 0 aliphatic heterocycles. The third-order valence-electron chi connectivity index (χ3n) is 11.5. The van der Waals surface area contributed by atoms with E-state index in [1.807, 2.05) is 0 Å². The Morgan fingerprint density at radius 1 is 0.492 bits per heavy atom. The van der Waals surface area contributed by atoms with Crippen LogP contribution in [0.5, 0.6) is 0 Å². The zero-order valence-corrected chi connectivity index (χ0v) is 42.8. The molecule has 0 fully saturated rings. The minimum Gasteiger partial charge on any atom is -0.463 e. The average Bonchev–Trinajstić information content (AvgIpc) is 3.29. The van der Waals surface area contributed by atoms with E-state index in [0.717, 1.165) is 89.9 Å².